The predicted octanol–water partition coefficient (Wildman–Crippen LogP) is 4.90. The van der Waals surface area contributed by atoms with E-state index in [2.05, 4.69) is 15.9 Å². The second-order valence-electron chi connectivity index (χ2n) is 7.62. The van der Waals surface area contributed by atoms with Crippen molar-refractivity contribution in [3.8, 4) is 0 Å². The molecule has 5 nitrogen and oxygen atoms in total. The Kier molecular flexibility index (Phi) is 6.64. The van der Waals surface area contributed by atoms with Crippen molar-refractivity contribution in [2.45, 2.75) is 13.0 Å². The zero-order valence-corrected chi connectivity index (χ0v) is 21.6. The van der Waals surface area contributed by atoms with Crippen LogP contribution in [0.5, 0.6) is 0 Å². The summed E-state index contributed by atoms with van der Waals surface area (Å²) in [5, 5.41) is 0. The molecule has 176 valence electrons. The molecule has 2 aromatic carbocycles. The molecule has 2 aromatic heterocycles. The molecule has 0 saturated carbocycles. The Morgan fingerprint density at radius 1 is 1.11 bits per heavy atom. The van der Waals surface area contributed by atoms with Crippen LogP contribution in [0.4, 0.5) is 4.39 Å². The molecule has 5 rings (SSSR count). The maximum atomic E-state index is 13.8. The lowest BCUT2D eigenvalue weighted by Crippen LogP contribution is -2.40. The van der Waals surface area contributed by atoms with Gasteiger partial charge in [0, 0.05) is 10.4 Å². The van der Waals surface area contributed by atoms with E-state index in [9.17, 15) is 14.0 Å². The lowest BCUT2D eigenvalue weighted by molar-refractivity contribution is -0.138. The number of thiazole rings is 1. The molecular formula is C26H18BrFN2O3S2. The molecule has 0 unspecified atom stereocenters. The molecule has 0 fully saturated rings. The van der Waals surface area contributed by atoms with Crippen molar-refractivity contribution < 1.29 is 13.9 Å². The third-order valence-electron chi connectivity index (χ3n) is 5.43. The highest BCUT2D eigenvalue weighted by atomic mass is 79.9. The number of halogens is 2. The number of ether oxygens (including phenoxy) is 1. The van der Waals surface area contributed by atoms with E-state index in [0.717, 1.165) is 14.2 Å². The van der Waals surface area contributed by atoms with Gasteiger partial charge in [0.05, 0.1) is 32.2 Å². The van der Waals surface area contributed by atoms with Crippen LogP contribution in [0.25, 0.3) is 11.8 Å². The van der Waals surface area contributed by atoms with Crippen molar-refractivity contribution in [2.75, 3.05) is 6.61 Å². The van der Waals surface area contributed by atoms with Crippen molar-refractivity contribution in [1.29, 1.82) is 0 Å². The molecule has 35 heavy (non-hydrogen) atoms. The Morgan fingerprint density at radius 2 is 1.86 bits per heavy atom. The van der Waals surface area contributed by atoms with Crippen LogP contribution < -0.4 is 14.9 Å². The van der Waals surface area contributed by atoms with Gasteiger partial charge in [0.25, 0.3) is 5.56 Å². The molecule has 0 bridgehead atoms. The maximum absolute atomic E-state index is 13.8. The van der Waals surface area contributed by atoms with E-state index < -0.39 is 17.8 Å². The fraction of sp³-hybridized carbons (Fsp3) is 0.115. The van der Waals surface area contributed by atoms with Crippen LogP contribution in [0.15, 0.2) is 85.9 Å². The van der Waals surface area contributed by atoms with Crippen molar-refractivity contribution in [1.82, 2.24) is 4.57 Å². The van der Waals surface area contributed by atoms with E-state index in [4.69, 9.17) is 9.73 Å². The zero-order valence-electron chi connectivity index (χ0n) is 18.4. The van der Waals surface area contributed by atoms with Gasteiger partial charge in [-0.2, -0.15) is 0 Å². The minimum atomic E-state index is -0.821. The van der Waals surface area contributed by atoms with E-state index in [-0.39, 0.29) is 17.7 Å². The summed E-state index contributed by atoms with van der Waals surface area (Å²) in [5.74, 6) is -0.977. The highest BCUT2D eigenvalue weighted by Gasteiger charge is 2.35. The second-order valence-corrected chi connectivity index (χ2v) is 11.1. The Labute approximate surface area is 216 Å². The van der Waals surface area contributed by atoms with Crippen LogP contribution in [0.1, 0.15) is 29.0 Å². The highest BCUT2D eigenvalue weighted by Crippen LogP contribution is 2.35. The fourth-order valence-electron chi connectivity index (χ4n) is 3.94. The molecule has 3 heterocycles. The van der Waals surface area contributed by atoms with Gasteiger partial charge in [-0.1, -0.05) is 53.8 Å². The number of nitrogens with zero attached hydrogens (tertiary/aromatic N) is 2. The molecule has 0 radical (unpaired) electrons. The number of hydrogen-bond donors (Lipinski definition) is 0. The first-order chi connectivity index (χ1) is 17.0. The largest absolute Gasteiger partial charge is 0.463 e. The van der Waals surface area contributed by atoms with Crippen molar-refractivity contribution in [3.63, 3.8) is 0 Å². The van der Waals surface area contributed by atoms with Crippen LogP contribution in [-0.4, -0.2) is 17.1 Å². The lowest BCUT2D eigenvalue weighted by atomic mass is 9.93. The fourth-order valence-corrected chi connectivity index (χ4v) is 6.37. The minimum absolute atomic E-state index is 0.165. The first-order valence-corrected chi connectivity index (χ1v) is 13.2. The molecule has 9 heteroatoms. The predicted molar refractivity (Wildman–Crippen MR) is 139 cm³/mol. The van der Waals surface area contributed by atoms with E-state index in [1.807, 2.05) is 48.5 Å². The van der Waals surface area contributed by atoms with Crippen LogP contribution in [0.3, 0.4) is 0 Å². The molecule has 4 aromatic rings. The first kappa shape index (κ1) is 23.6. The lowest BCUT2D eigenvalue weighted by Gasteiger charge is -2.25. The molecule has 1 atom stereocenters. The summed E-state index contributed by atoms with van der Waals surface area (Å²) in [6, 6.07) is 18.1. The summed E-state index contributed by atoms with van der Waals surface area (Å²) < 4.78 is 22.2. The standard InChI is InChI=1S/C26H18BrFN2O3S2/c1-2-33-25(32)21-22(15-6-4-3-5-7-15)29-26-30(23(21)16-8-10-17(28)11-9-16)24(31)19(35-26)14-18-12-13-20(27)34-18/h3-14,23H,2H2,1H3/b19-14+/t23-/m0/s1. The molecule has 0 saturated heterocycles. The Hall–Kier alpha value is -3.14. The number of fused-ring (bicyclic) bond motifs is 1. The van der Waals surface area contributed by atoms with Gasteiger partial charge in [-0.05, 0) is 58.8 Å². The number of carbonyl (C=O) groups excluding carboxylic acids is 1. The number of thiophene rings is 1. The highest BCUT2D eigenvalue weighted by molar-refractivity contribution is 9.11. The second kappa shape index (κ2) is 9.85. The van der Waals surface area contributed by atoms with E-state index in [1.54, 1.807) is 19.1 Å². The summed E-state index contributed by atoms with van der Waals surface area (Å²) in [6.07, 6.45) is 1.82. The number of rotatable bonds is 5. The molecule has 0 aliphatic carbocycles. The third kappa shape index (κ3) is 4.59. The van der Waals surface area contributed by atoms with Gasteiger partial charge in [-0.25, -0.2) is 14.2 Å². The smallest absolute Gasteiger partial charge is 0.338 e. The van der Waals surface area contributed by atoms with E-state index in [0.29, 0.717) is 20.6 Å². The Bertz CT molecular complexity index is 1620. The van der Waals surface area contributed by atoms with Gasteiger partial charge in [0.1, 0.15) is 5.82 Å². The van der Waals surface area contributed by atoms with E-state index >= 15 is 0 Å². The van der Waals surface area contributed by atoms with Crippen LogP contribution in [0.2, 0.25) is 0 Å². The molecule has 1 aliphatic heterocycles. The number of hydrogen-bond acceptors (Lipinski definition) is 6. The van der Waals surface area contributed by atoms with Crippen molar-refractivity contribution in [3.05, 3.63) is 118 Å². The number of esters is 1. The summed E-state index contributed by atoms with van der Waals surface area (Å²) in [4.78, 5) is 33.1. The summed E-state index contributed by atoms with van der Waals surface area (Å²) in [5.41, 5.74) is 1.71. The SMILES string of the molecule is CCOC(=O)C1=C(c2ccccc2)N=c2s/c(=C/c3ccc(Br)s3)c(=O)n2[C@H]1c1ccc(F)cc1. The number of carbonyl (C=O) groups is 1. The Balaban J connectivity index is 1.83. The first-order valence-electron chi connectivity index (χ1n) is 10.8. The average Bonchev–Trinajstić information content (AvgIpc) is 3.41. The molecule has 0 amide bonds. The van der Waals surface area contributed by atoms with Crippen molar-refractivity contribution >= 4 is 56.3 Å². The summed E-state index contributed by atoms with van der Waals surface area (Å²) in [6.45, 7) is 1.89. The quantitative estimate of drug-likeness (QED) is 0.322. The maximum Gasteiger partial charge on any atom is 0.338 e. The van der Waals surface area contributed by atoms with Crippen LogP contribution in [-0.2, 0) is 9.53 Å². The third-order valence-corrected chi connectivity index (χ3v) is 7.98. The average molecular weight is 569 g/mol. The van der Waals surface area contributed by atoms with Gasteiger partial charge in [0.15, 0.2) is 4.80 Å². The van der Waals surface area contributed by atoms with Gasteiger partial charge < -0.3 is 4.74 Å². The van der Waals surface area contributed by atoms with Gasteiger partial charge >= 0.3 is 5.97 Å². The molecular weight excluding hydrogens is 551 g/mol. The van der Waals surface area contributed by atoms with E-state index in [1.165, 1.54) is 39.4 Å². The zero-order chi connectivity index (χ0) is 24.5. The number of aromatic nitrogens is 1. The van der Waals surface area contributed by atoms with Gasteiger partial charge in [0.2, 0.25) is 0 Å². The normalized spacial score (nSPS) is 15.6. The summed E-state index contributed by atoms with van der Waals surface area (Å²) in [7, 11) is 0. The molecule has 1 aliphatic rings. The topological polar surface area (TPSA) is 60.7 Å². The van der Waals surface area contributed by atoms with Crippen molar-refractivity contribution in [2.24, 2.45) is 4.99 Å². The van der Waals surface area contributed by atoms with Gasteiger partial charge in [-0.15, -0.1) is 11.3 Å². The monoisotopic (exact) mass is 568 g/mol. The summed E-state index contributed by atoms with van der Waals surface area (Å²) >= 11 is 6.21. The Morgan fingerprint density at radius 3 is 2.51 bits per heavy atom. The minimum Gasteiger partial charge on any atom is -0.463 e. The van der Waals surface area contributed by atoms with Gasteiger partial charge in [-0.3, -0.25) is 9.36 Å². The van der Waals surface area contributed by atoms with Crippen LogP contribution in [0, 0.1) is 5.82 Å². The van der Waals surface area contributed by atoms with Crippen LogP contribution >= 0.6 is 38.6 Å². The number of benzene rings is 2. The molecule has 0 N–H and O–H groups in total. The molecule has 0 spiro atoms.